The molecular formula is C27H44N8O4. The van der Waals surface area contributed by atoms with Crippen LogP contribution < -0.4 is 27.0 Å². The maximum absolute atomic E-state index is 12.2. The van der Waals surface area contributed by atoms with Crippen molar-refractivity contribution in [2.75, 3.05) is 75.2 Å². The van der Waals surface area contributed by atoms with Gasteiger partial charge in [-0.05, 0) is 42.9 Å². The molecule has 1 amide bonds. The minimum Gasteiger partial charge on any atom is -0.396 e. The van der Waals surface area contributed by atoms with Gasteiger partial charge in [0.05, 0.1) is 32.8 Å². The monoisotopic (exact) mass is 544 g/mol. The lowest BCUT2D eigenvalue weighted by Crippen LogP contribution is -2.29. The molecule has 1 aromatic heterocycles. The molecule has 1 saturated carbocycles. The Labute approximate surface area is 230 Å². The fourth-order valence-electron chi connectivity index (χ4n) is 4.25. The third kappa shape index (κ3) is 12.6. The van der Waals surface area contributed by atoms with Crippen molar-refractivity contribution in [1.82, 2.24) is 20.3 Å². The van der Waals surface area contributed by atoms with E-state index in [2.05, 4.69) is 36.2 Å². The zero-order valence-electron chi connectivity index (χ0n) is 22.8. The van der Waals surface area contributed by atoms with Crippen molar-refractivity contribution in [3.63, 3.8) is 0 Å². The predicted molar refractivity (Wildman–Crippen MR) is 152 cm³/mol. The van der Waals surface area contributed by atoms with Crippen LogP contribution in [0.3, 0.4) is 0 Å². The number of carbonyl (C=O) groups excluding carboxylic acids is 1. The molecule has 1 heterocycles. The van der Waals surface area contributed by atoms with Crippen LogP contribution in [0.5, 0.6) is 0 Å². The molecule has 3 rings (SSSR count). The number of aliphatic hydroxyl groups is 1. The first-order chi connectivity index (χ1) is 19.2. The summed E-state index contributed by atoms with van der Waals surface area (Å²) in [6, 6.07) is 7.59. The molecule has 0 atom stereocenters. The van der Waals surface area contributed by atoms with Crippen molar-refractivity contribution < 1.29 is 19.4 Å². The number of ether oxygens (including phenoxy) is 2. The summed E-state index contributed by atoms with van der Waals surface area (Å²) in [6.45, 7) is 4.36. The molecule has 2 aromatic rings. The van der Waals surface area contributed by atoms with E-state index in [1.165, 1.54) is 32.1 Å². The fraction of sp³-hybridized carbons (Fsp3) is 0.630. The van der Waals surface area contributed by atoms with Crippen molar-refractivity contribution in [3.05, 3.63) is 29.8 Å². The molecule has 0 radical (unpaired) electrons. The minimum atomic E-state index is -0.0663. The highest BCUT2D eigenvalue weighted by molar-refractivity contribution is 5.78. The second kappa shape index (κ2) is 18.3. The van der Waals surface area contributed by atoms with E-state index in [-0.39, 0.29) is 18.9 Å². The predicted octanol–water partition coefficient (Wildman–Crippen LogP) is 2.05. The third-order valence-electron chi connectivity index (χ3n) is 6.30. The standard InChI is InChI=1S/C27H44N8O4/c28-11-15-38-17-18-39-16-13-29-24(37)19-21-7-9-23(10-8-21)32-27-34-25(30-12-4-14-36)33-26(35-27)31-20-22-5-2-1-3-6-22/h7-10,22,36H,1-6,11-20,28H2,(H,29,37)(H3,30,31,32,33,34,35). The molecule has 39 heavy (non-hydrogen) atoms. The molecule has 216 valence electrons. The lowest BCUT2D eigenvalue weighted by Gasteiger charge is -2.21. The minimum absolute atomic E-state index is 0.0663. The quantitative estimate of drug-likeness (QED) is 0.143. The van der Waals surface area contributed by atoms with Crippen LogP contribution in [0.15, 0.2) is 24.3 Å². The van der Waals surface area contributed by atoms with Crippen LogP contribution in [0.4, 0.5) is 23.5 Å². The molecule has 12 heteroatoms. The molecule has 0 spiro atoms. The summed E-state index contributed by atoms with van der Waals surface area (Å²) >= 11 is 0. The molecule has 1 aliphatic rings. The highest BCUT2D eigenvalue weighted by Crippen LogP contribution is 2.24. The van der Waals surface area contributed by atoms with E-state index in [0.717, 1.165) is 17.8 Å². The SMILES string of the molecule is NCCOCCOCCNC(=O)Cc1ccc(Nc2nc(NCCCO)nc(NCC3CCCCC3)n2)cc1. The van der Waals surface area contributed by atoms with Gasteiger partial charge in [-0.1, -0.05) is 31.4 Å². The van der Waals surface area contributed by atoms with E-state index >= 15 is 0 Å². The van der Waals surface area contributed by atoms with Gasteiger partial charge >= 0.3 is 0 Å². The zero-order chi connectivity index (χ0) is 27.5. The number of carbonyl (C=O) groups is 1. The van der Waals surface area contributed by atoms with E-state index < -0.39 is 0 Å². The van der Waals surface area contributed by atoms with Crippen molar-refractivity contribution in [2.24, 2.45) is 11.7 Å². The summed E-state index contributed by atoms with van der Waals surface area (Å²) in [5.74, 6) is 1.96. The Morgan fingerprint density at radius 2 is 1.59 bits per heavy atom. The maximum atomic E-state index is 12.2. The average Bonchev–Trinajstić information content (AvgIpc) is 2.95. The lowest BCUT2D eigenvalue weighted by atomic mass is 9.89. The molecule has 7 N–H and O–H groups in total. The number of anilines is 4. The van der Waals surface area contributed by atoms with Gasteiger partial charge in [0, 0.05) is 38.5 Å². The van der Waals surface area contributed by atoms with Crippen LogP contribution >= 0.6 is 0 Å². The molecule has 1 aliphatic carbocycles. The van der Waals surface area contributed by atoms with E-state index in [1.54, 1.807) is 0 Å². The molecular weight excluding hydrogens is 500 g/mol. The van der Waals surface area contributed by atoms with Gasteiger partial charge in [-0.2, -0.15) is 15.0 Å². The van der Waals surface area contributed by atoms with Gasteiger partial charge in [0.2, 0.25) is 23.8 Å². The largest absolute Gasteiger partial charge is 0.396 e. The smallest absolute Gasteiger partial charge is 0.233 e. The number of hydrogen-bond donors (Lipinski definition) is 6. The van der Waals surface area contributed by atoms with E-state index in [1.807, 2.05) is 24.3 Å². The van der Waals surface area contributed by atoms with Crippen molar-refractivity contribution in [1.29, 1.82) is 0 Å². The average molecular weight is 545 g/mol. The molecule has 1 fully saturated rings. The first-order valence-corrected chi connectivity index (χ1v) is 14.0. The van der Waals surface area contributed by atoms with Gasteiger partial charge in [-0.3, -0.25) is 4.79 Å². The molecule has 12 nitrogen and oxygen atoms in total. The summed E-state index contributed by atoms with van der Waals surface area (Å²) in [5, 5.41) is 21.7. The second-order valence-corrected chi connectivity index (χ2v) is 9.56. The van der Waals surface area contributed by atoms with Gasteiger partial charge < -0.3 is 41.6 Å². The number of nitrogens with zero attached hydrogens (tertiary/aromatic N) is 3. The normalized spacial score (nSPS) is 13.7. The number of rotatable bonds is 19. The second-order valence-electron chi connectivity index (χ2n) is 9.56. The number of aliphatic hydroxyl groups excluding tert-OH is 1. The van der Waals surface area contributed by atoms with Gasteiger partial charge in [0.15, 0.2) is 0 Å². The van der Waals surface area contributed by atoms with Gasteiger partial charge in [0.1, 0.15) is 0 Å². The van der Waals surface area contributed by atoms with Crippen molar-refractivity contribution >= 4 is 29.4 Å². The molecule has 0 bridgehead atoms. The van der Waals surface area contributed by atoms with Crippen LogP contribution in [0, 0.1) is 5.92 Å². The van der Waals surface area contributed by atoms with Gasteiger partial charge in [-0.15, -0.1) is 0 Å². The van der Waals surface area contributed by atoms with Crippen LogP contribution in [0.2, 0.25) is 0 Å². The summed E-state index contributed by atoms with van der Waals surface area (Å²) in [7, 11) is 0. The summed E-state index contributed by atoms with van der Waals surface area (Å²) in [4.78, 5) is 25.8. The Bertz CT molecular complexity index is 957. The Balaban J connectivity index is 1.48. The van der Waals surface area contributed by atoms with E-state index in [0.29, 0.717) is 76.2 Å². The lowest BCUT2D eigenvalue weighted by molar-refractivity contribution is -0.120. The zero-order valence-corrected chi connectivity index (χ0v) is 22.8. The van der Waals surface area contributed by atoms with Crippen molar-refractivity contribution in [2.45, 2.75) is 44.9 Å². The number of amides is 1. The number of hydrogen-bond acceptors (Lipinski definition) is 11. The summed E-state index contributed by atoms with van der Waals surface area (Å²) < 4.78 is 10.7. The van der Waals surface area contributed by atoms with E-state index in [9.17, 15) is 4.79 Å². The molecule has 0 aliphatic heterocycles. The van der Waals surface area contributed by atoms with E-state index in [4.69, 9.17) is 20.3 Å². The highest BCUT2D eigenvalue weighted by Gasteiger charge is 2.14. The van der Waals surface area contributed by atoms with Crippen molar-refractivity contribution in [3.8, 4) is 0 Å². The molecule has 0 unspecified atom stereocenters. The van der Waals surface area contributed by atoms with Gasteiger partial charge in [-0.25, -0.2) is 0 Å². The first-order valence-electron chi connectivity index (χ1n) is 14.0. The fourth-order valence-corrected chi connectivity index (χ4v) is 4.25. The molecule has 1 aromatic carbocycles. The maximum Gasteiger partial charge on any atom is 0.233 e. The third-order valence-corrected chi connectivity index (χ3v) is 6.30. The number of aromatic nitrogens is 3. The number of benzene rings is 1. The number of nitrogens with two attached hydrogens (primary N) is 1. The number of nitrogens with one attached hydrogen (secondary N) is 4. The van der Waals surface area contributed by atoms with Crippen LogP contribution in [-0.2, 0) is 20.7 Å². The Kier molecular flexibility index (Phi) is 14.3. The summed E-state index contributed by atoms with van der Waals surface area (Å²) in [6.07, 6.45) is 7.22. The van der Waals surface area contributed by atoms with Crippen LogP contribution in [0.25, 0.3) is 0 Å². The topological polar surface area (TPSA) is 169 Å². The van der Waals surface area contributed by atoms with Crippen LogP contribution in [0.1, 0.15) is 44.1 Å². The Morgan fingerprint density at radius 1 is 0.897 bits per heavy atom. The van der Waals surface area contributed by atoms with Gasteiger partial charge in [0.25, 0.3) is 0 Å². The Hall–Kier alpha value is -3.06. The summed E-state index contributed by atoms with van der Waals surface area (Å²) in [5.41, 5.74) is 7.05. The first kappa shape index (κ1) is 30.5. The van der Waals surface area contributed by atoms with Crippen LogP contribution in [-0.4, -0.2) is 85.2 Å². The highest BCUT2D eigenvalue weighted by atomic mass is 16.5. The Morgan fingerprint density at radius 3 is 2.31 bits per heavy atom. The molecule has 0 saturated heterocycles.